The lowest BCUT2D eigenvalue weighted by molar-refractivity contribution is -0.162. The molecule has 2 aromatic carbocycles. The van der Waals surface area contributed by atoms with Crippen molar-refractivity contribution in [2.75, 3.05) is 24.5 Å². The number of halogens is 2. The third kappa shape index (κ3) is 6.84. The number of rotatable bonds is 10. The fraction of sp³-hybridized carbons (Fsp3) is 0.438. The second kappa shape index (κ2) is 13.0. The van der Waals surface area contributed by atoms with Crippen LogP contribution < -0.4 is 10.2 Å². The molecule has 0 bridgehead atoms. The van der Waals surface area contributed by atoms with Crippen molar-refractivity contribution in [2.24, 2.45) is 0 Å². The molecule has 0 saturated carbocycles. The summed E-state index contributed by atoms with van der Waals surface area (Å²) in [6, 6.07) is 7.44. The van der Waals surface area contributed by atoms with Gasteiger partial charge in [0.05, 0.1) is 5.52 Å². The molecular formula is C32H36F2N6O4. The number of hydrogen-bond donors (Lipinski definition) is 1. The standard InChI is InChI=1S/C32H36F2N6O4/c1-5-6-27-38-29(39-44-27)21-10-13-40(14-11-21)30-25-17-23(33)16-24(28(25)36-18-37-30)22-8-7-20(26(34)15-22)9-12-35-31(42)32(3,4)43-19(2)41/h7-8,15-18,21H,5-6,9-14H2,1-4H3,(H,35,42). The molecule has 4 aromatic rings. The van der Waals surface area contributed by atoms with Crippen LogP contribution in [0.1, 0.15) is 70.2 Å². The van der Waals surface area contributed by atoms with E-state index in [1.807, 2.05) is 0 Å². The van der Waals surface area contributed by atoms with Crippen molar-refractivity contribution in [1.82, 2.24) is 25.4 Å². The van der Waals surface area contributed by atoms with Crippen molar-refractivity contribution in [2.45, 2.75) is 71.3 Å². The molecule has 0 spiro atoms. The maximum Gasteiger partial charge on any atom is 0.303 e. The Balaban J connectivity index is 1.31. The molecule has 232 valence electrons. The predicted molar refractivity (Wildman–Crippen MR) is 160 cm³/mol. The topological polar surface area (TPSA) is 123 Å². The number of esters is 1. The first-order chi connectivity index (χ1) is 21.1. The maximum absolute atomic E-state index is 15.2. The summed E-state index contributed by atoms with van der Waals surface area (Å²) in [5.41, 5.74) is 0.486. The minimum absolute atomic E-state index is 0.141. The van der Waals surface area contributed by atoms with Gasteiger partial charge in [0.25, 0.3) is 5.91 Å². The minimum Gasteiger partial charge on any atom is -0.450 e. The van der Waals surface area contributed by atoms with E-state index in [0.717, 1.165) is 31.5 Å². The average Bonchev–Trinajstić information content (AvgIpc) is 3.45. The molecule has 5 rings (SSSR count). The van der Waals surface area contributed by atoms with Gasteiger partial charge < -0.3 is 19.5 Å². The number of anilines is 1. The number of piperidine rings is 1. The molecule has 1 saturated heterocycles. The van der Waals surface area contributed by atoms with Gasteiger partial charge in [-0.05, 0) is 68.9 Å². The van der Waals surface area contributed by atoms with Crippen LogP contribution in [0.5, 0.6) is 0 Å². The Kier molecular flexibility index (Phi) is 9.17. The van der Waals surface area contributed by atoms with Gasteiger partial charge in [-0.3, -0.25) is 9.59 Å². The Morgan fingerprint density at radius 3 is 2.59 bits per heavy atom. The van der Waals surface area contributed by atoms with Crippen molar-refractivity contribution in [3.63, 3.8) is 0 Å². The lowest BCUT2D eigenvalue weighted by Gasteiger charge is -2.32. The first-order valence-electron chi connectivity index (χ1n) is 14.8. The van der Waals surface area contributed by atoms with E-state index in [4.69, 9.17) is 9.26 Å². The van der Waals surface area contributed by atoms with E-state index in [1.54, 1.807) is 12.1 Å². The van der Waals surface area contributed by atoms with Crippen molar-refractivity contribution in [3.8, 4) is 11.1 Å². The third-order valence-corrected chi connectivity index (χ3v) is 7.78. The second-order valence-electron chi connectivity index (χ2n) is 11.5. The van der Waals surface area contributed by atoms with E-state index in [9.17, 15) is 9.59 Å². The highest BCUT2D eigenvalue weighted by Crippen LogP contribution is 2.36. The van der Waals surface area contributed by atoms with Gasteiger partial charge in [0.15, 0.2) is 11.4 Å². The van der Waals surface area contributed by atoms with Crippen LogP contribution in [0.4, 0.5) is 14.6 Å². The van der Waals surface area contributed by atoms with Gasteiger partial charge in [0, 0.05) is 49.8 Å². The smallest absolute Gasteiger partial charge is 0.303 e. The van der Waals surface area contributed by atoms with E-state index >= 15 is 8.78 Å². The number of aryl methyl sites for hydroxylation is 1. The maximum atomic E-state index is 15.2. The summed E-state index contributed by atoms with van der Waals surface area (Å²) in [7, 11) is 0. The lowest BCUT2D eigenvalue weighted by atomic mass is 9.95. The Morgan fingerprint density at radius 2 is 1.89 bits per heavy atom. The van der Waals surface area contributed by atoms with Crippen molar-refractivity contribution in [1.29, 1.82) is 0 Å². The first-order valence-corrected chi connectivity index (χ1v) is 14.8. The monoisotopic (exact) mass is 606 g/mol. The zero-order chi connectivity index (χ0) is 31.4. The average molecular weight is 607 g/mol. The number of ether oxygens (including phenoxy) is 1. The number of aromatic nitrogens is 4. The van der Waals surface area contributed by atoms with Gasteiger partial charge in [-0.15, -0.1) is 0 Å². The molecule has 0 atom stereocenters. The number of benzene rings is 2. The van der Waals surface area contributed by atoms with E-state index in [2.05, 4.69) is 37.2 Å². The number of nitrogens with one attached hydrogen (secondary N) is 1. The molecular weight excluding hydrogens is 570 g/mol. The molecule has 1 N–H and O–H groups in total. The molecule has 3 heterocycles. The van der Waals surface area contributed by atoms with E-state index in [1.165, 1.54) is 45.3 Å². The highest BCUT2D eigenvalue weighted by Gasteiger charge is 2.31. The van der Waals surface area contributed by atoms with E-state index in [-0.39, 0.29) is 18.9 Å². The highest BCUT2D eigenvalue weighted by molar-refractivity contribution is 5.99. The highest BCUT2D eigenvalue weighted by atomic mass is 19.1. The van der Waals surface area contributed by atoms with Crippen LogP contribution in [-0.4, -0.2) is 57.2 Å². The molecule has 1 aliphatic heterocycles. The van der Waals surface area contributed by atoms with Crippen LogP contribution >= 0.6 is 0 Å². The number of amides is 1. The summed E-state index contributed by atoms with van der Waals surface area (Å²) in [4.78, 5) is 39.2. The molecule has 0 radical (unpaired) electrons. The Bertz CT molecular complexity index is 1670. The summed E-state index contributed by atoms with van der Waals surface area (Å²) in [6.45, 7) is 7.76. The van der Waals surface area contributed by atoms with Crippen LogP contribution in [0, 0.1) is 11.6 Å². The van der Waals surface area contributed by atoms with Crippen LogP contribution in [0.15, 0.2) is 41.2 Å². The van der Waals surface area contributed by atoms with Gasteiger partial charge in [-0.1, -0.05) is 24.2 Å². The number of fused-ring (bicyclic) bond motifs is 1. The molecule has 10 nitrogen and oxygen atoms in total. The third-order valence-electron chi connectivity index (χ3n) is 7.78. The Labute approximate surface area is 254 Å². The van der Waals surface area contributed by atoms with Crippen molar-refractivity contribution >= 4 is 28.6 Å². The number of nitrogens with zero attached hydrogens (tertiary/aromatic N) is 5. The first kappa shape index (κ1) is 31.0. The van der Waals surface area contributed by atoms with Crippen LogP contribution in [0.3, 0.4) is 0 Å². The van der Waals surface area contributed by atoms with Crippen molar-refractivity contribution < 1.29 is 27.6 Å². The zero-order valence-corrected chi connectivity index (χ0v) is 25.3. The van der Waals surface area contributed by atoms with Gasteiger partial charge >= 0.3 is 5.97 Å². The molecule has 12 heteroatoms. The van der Waals surface area contributed by atoms with Crippen LogP contribution in [-0.2, 0) is 27.2 Å². The van der Waals surface area contributed by atoms with Gasteiger partial charge in [0.2, 0.25) is 5.89 Å². The normalized spacial score (nSPS) is 14.2. The number of carbonyl (C=O) groups is 2. The van der Waals surface area contributed by atoms with E-state index < -0.39 is 29.1 Å². The zero-order valence-electron chi connectivity index (χ0n) is 25.3. The van der Waals surface area contributed by atoms with E-state index in [0.29, 0.717) is 52.4 Å². The predicted octanol–water partition coefficient (Wildman–Crippen LogP) is 5.29. The quantitative estimate of drug-likeness (QED) is 0.240. The molecule has 1 aliphatic rings. The van der Waals surface area contributed by atoms with Crippen LogP contribution in [0.25, 0.3) is 22.0 Å². The number of hydrogen-bond acceptors (Lipinski definition) is 9. The van der Waals surface area contributed by atoms with Crippen LogP contribution in [0.2, 0.25) is 0 Å². The molecule has 0 unspecified atom stereocenters. The van der Waals surface area contributed by atoms with Crippen molar-refractivity contribution in [3.05, 3.63) is 65.6 Å². The fourth-order valence-electron chi connectivity index (χ4n) is 5.54. The SMILES string of the molecule is CCCc1nc(C2CCN(c3ncnc4c(-c5ccc(CCNC(=O)C(C)(C)OC(C)=O)c(F)c5)cc(F)cc34)CC2)no1. The number of carbonyl (C=O) groups excluding carboxylic acids is 2. The molecule has 1 amide bonds. The molecule has 2 aromatic heterocycles. The second-order valence-corrected chi connectivity index (χ2v) is 11.5. The Morgan fingerprint density at radius 1 is 1.11 bits per heavy atom. The minimum atomic E-state index is -1.34. The molecule has 1 fully saturated rings. The summed E-state index contributed by atoms with van der Waals surface area (Å²) in [6.07, 6.45) is 4.96. The molecule has 44 heavy (non-hydrogen) atoms. The Hall–Kier alpha value is -4.48. The summed E-state index contributed by atoms with van der Waals surface area (Å²) >= 11 is 0. The van der Waals surface area contributed by atoms with Gasteiger partial charge in [0.1, 0.15) is 23.8 Å². The molecule has 0 aliphatic carbocycles. The fourth-order valence-corrected chi connectivity index (χ4v) is 5.54. The largest absolute Gasteiger partial charge is 0.450 e. The summed E-state index contributed by atoms with van der Waals surface area (Å²) in [5.74, 6) is 0.171. The van der Waals surface area contributed by atoms with Gasteiger partial charge in [-0.25, -0.2) is 18.7 Å². The summed E-state index contributed by atoms with van der Waals surface area (Å²) in [5, 5.41) is 7.40. The lowest BCUT2D eigenvalue weighted by Crippen LogP contribution is -2.45. The summed E-state index contributed by atoms with van der Waals surface area (Å²) < 4.78 is 40.6. The van der Waals surface area contributed by atoms with Gasteiger partial charge in [-0.2, -0.15) is 4.98 Å².